The number of nitrogens with zero attached hydrogens (tertiary/aromatic N) is 4. The highest BCUT2D eigenvalue weighted by Crippen LogP contribution is 2.45. The van der Waals surface area contributed by atoms with Gasteiger partial charge in [-0.05, 0) is 88.0 Å². The lowest BCUT2D eigenvalue weighted by molar-refractivity contribution is -0.135. The number of carbonyl (C=O) groups excluding carboxylic acids is 4. The molecule has 0 saturated carbocycles. The fourth-order valence-electron chi connectivity index (χ4n) is 9.85. The van der Waals surface area contributed by atoms with Gasteiger partial charge in [-0.1, -0.05) is 62.4 Å². The van der Waals surface area contributed by atoms with E-state index in [9.17, 15) is 19.2 Å². The Bertz CT molecular complexity index is 2640. The van der Waals surface area contributed by atoms with E-state index in [4.69, 9.17) is 28.9 Å². The smallest absolute Gasteiger partial charge is 0.407 e. The normalized spacial score (nSPS) is 19.6. The summed E-state index contributed by atoms with van der Waals surface area (Å²) in [4.78, 5) is 69.7. The van der Waals surface area contributed by atoms with Crippen LogP contribution in [0.3, 0.4) is 0 Å². The van der Waals surface area contributed by atoms with Gasteiger partial charge < -0.3 is 44.4 Å². The van der Waals surface area contributed by atoms with Crippen molar-refractivity contribution in [1.29, 1.82) is 0 Å². The Morgan fingerprint density at radius 1 is 0.891 bits per heavy atom. The molecule has 0 aliphatic carbocycles. The number of hydrogen-bond acceptors (Lipinski definition) is 10. The van der Waals surface area contributed by atoms with Crippen LogP contribution < -0.4 is 15.4 Å². The first-order chi connectivity index (χ1) is 31.0. The van der Waals surface area contributed by atoms with E-state index in [2.05, 4.69) is 58.1 Å². The number of alkyl carbamates (subject to hydrolysis) is 2. The van der Waals surface area contributed by atoms with Crippen molar-refractivity contribution in [3.05, 3.63) is 102 Å². The number of hydrogen-bond donors (Lipinski definition) is 3. The summed E-state index contributed by atoms with van der Waals surface area (Å²) in [6.45, 7) is 5.78. The van der Waals surface area contributed by atoms with Gasteiger partial charge in [-0.15, -0.1) is 0 Å². The number of rotatable bonds is 11. The molecule has 0 spiro atoms. The first-order valence-electron chi connectivity index (χ1n) is 21.9. The van der Waals surface area contributed by atoms with E-state index in [0.717, 1.165) is 74.3 Å². The molecular weight excluding hydrogens is 815 g/mol. The molecule has 5 atom stereocenters. The maximum absolute atomic E-state index is 14.1. The molecule has 4 amide bonds. The number of nitrogens with one attached hydrogen (secondary N) is 3. The van der Waals surface area contributed by atoms with Crippen LogP contribution in [0.15, 0.2) is 84.0 Å². The maximum Gasteiger partial charge on any atom is 0.407 e. The number of H-pyrrole nitrogens is 1. The van der Waals surface area contributed by atoms with Gasteiger partial charge in [-0.2, -0.15) is 0 Å². The summed E-state index contributed by atoms with van der Waals surface area (Å²) in [5, 5.41) is 7.61. The van der Waals surface area contributed by atoms with Gasteiger partial charge in [0.2, 0.25) is 5.91 Å². The van der Waals surface area contributed by atoms with Gasteiger partial charge in [0.25, 0.3) is 5.91 Å². The molecule has 15 heteroatoms. The molecule has 9 rings (SSSR count). The predicted molar refractivity (Wildman–Crippen MR) is 240 cm³/mol. The first-order valence-corrected chi connectivity index (χ1v) is 21.9. The third kappa shape index (κ3) is 8.04. The molecule has 5 heterocycles. The predicted octanol–water partition coefficient (Wildman–Crippen LogP) is 7.42. The van der Waals surface area contributed by atoms with Crippen molar-refractivity contribution in [3.8, 4) is 28.1 Å². The highest BCUT2D eigenvalue weighted by atomic mass is 16.5. The molecule has 2 saturated heterocycles. The molecular formula is C49H53N7O8. The number of amides is 4. The van der Waals surface area contributed by atoms with Gasteiger partial charge in [0.05, 0.1) is 50.5 Å². The number of likely N-dealkylation sites (tertiary alicyclic amines) is 2. The second kappa shape index (κ2) is 17.8. The third-order valence-corrected chi connectivity index (χ3v) is 13.0. The lowest BCUT2D eigenvalue weighted by Gasteiger charge is -2.31. The zero-order valence-corrected chi connectivity index (χ0v) is 36.7. The number of carbonyl (C=O) groups is 4. The molecule has 64 heavy (non-hydrogen) atoms. The molecule has 4 aliphatic rings. The number of aliphatic imine (C=N–C) groups is 1. The van der Waals surface area contributed by atoms with Crippen LogP contribution in [0.4, 0.5) is 15.3 Å². The van der Waals surface area contributed by atoms with Crippen molar-refractivity contribution >= 4 is 46.2 Å². The van der Waals surface area contributed by atoms with E-state index in [0.29, 0.717) is 50.5 Å². The van der Waals surface area contributed by atoms with Crippen molar-refractivity contribution in [2.24, 2.45) is 16.8 Å². The lowest BCUT2D eigenvalue weighted by Crippen LogP contribution is -2.53. The van der Waals surface area contributed by atoms with Gasteiger partial charge in [-0.3, -0.25) is 14.6 Å². The van der Waals surface area contributed by atoms with Crippen LogP contribution in [0.1, 0.15) is 67.7 Å². The maximum atomic E-state index is 14.1. The molecule has 2 fully saturated rings. The van der Waals surface area contributed by atoms with Crippen LogP contribution in [0, 0.1) is 11.8 Å². The van der Waals surface area contributed by atoms with E-state index < -0.39 is 24.3 Å². The van der Waals surface area contributed by atoms with Gasteiger partial charge in [0.1, 0.15) is 30.3 Å². The van der Waals surface area contributed by atoms with Crippen LogP contribution in [-0.2, 0) is 36.8 Å². The molecule has 0 bridgehead atoms. The monoisotopic (exact) mass is 867 g/mol. The lowest BCUT2D eigenvalue weighted by atomic mass is 9.90. The highest BCUT2D eigenvalue weighted by Gasteiger charge is 2.43. The standard InChI is InChI=1S/C49H53N7O8/c1-27(2)43(53-48(59)62-4)46(57)56-24-28(25-61-3)18-41(56)38-21-35-34-22-42-36(20-30(34)14-16-37(35)51-38)33-15-13-31(19-32(33)26-64-42)39-23-50-45(52-39)40-12-9-17-55(40)47(58)44(54-49(60)63-5)29-10-7-6-8-11-29/h6-8,10-11,13-16,19-20,22-23,27-28,40-41,43-44H,9,12,17-18,21,24-26H2,1-5H3,(H,50,52)(H,53,59)(H,54,60)/t28-,40-,41-,43-,44+/m0/s1. The minimum atomic E-state index is -0.896. The Labute approximate surface area is 371 Å². The molecule has 1 aromatic heterocycles. The molecule has 15 nitrogen and oxygen atoms in total. The Hall–Kier alpha value is -6.74. The summed E-state index contributed by atoms with van der Waals surface area (Å²) in [5.41, 5.74) is 8.50. The minimum absolute atomic E-state index is 0.133. The largest absolute Gasteiger partial charge is 0.488 e. The Morgan fingerprint density at radius 2 is 1.69 bits per heavy atom. The zero-order chi connectivity index (χ0) is 44.6. The number of aromatic nitrogens is 2. The van der Waals surface area contributed by atoms with Gasteiger partial charge >= 0.3 is 12.2 Å². The molecule has 0 unspecified atom stereocenters. The molecule has 5 aromatic rings. The van der Waals surface area contributed by atoms with Gasteiger partial charge in [0.15, 0.2) is 0 Å². The topological polar surface area (TPSA) is 177 Å². The van der Waals surface area contributed by atoms with Crippen molar-refractivity contribution in [2.75, 3.05) is 41.0 Å². The Balaban J connectivity index is 0.937. The number of ether oxygens (including phenoxy) is 4. The zero-order valence-electron chi connectivity index (χ0n) is 36.7. The molecule has 3 N–H and O–H groups in total. The van der Waals surface area contributed by atoms with E-state index in [1.54, 1.807) is 12.0 Å². The van der Waals surface area contributed by atoms with Gasteiger partial charge in [-0.25, -0.2) is 14.6 Å². The minimum Gasteiger partial charge on any atom is -0.488 e. The van der Waals surface area contributed by atoms with Crippen molar-refractivity contribution in [2.45, 2.75) is 70.3 Å². The number of benzene rings is 4. The number of imidazole rings is 1. The van der Waals surface area contributed by atoms with Crippen LogP contribution in [0.2, 0.25) is 0 Å². The third-order valence-electron chi connectivity index (χ3n) is 13.0. The Morgan fingerprint density at radius 3 is 2.45 bits per heavy atom. The van der Waals surface area contributed by atoms with Crippen LogP contribution in [0.5, 0.6) is 5.75 Å². The number of fused-ring (bicyclic) bond motifs is 6. The second-order valence-electron chi connectivity index (χ2n) is 17.3. The average Bonchev–Trinajstić information content (AvgIpc) is 4.15. The summed E-state index contributed by atoms with van der Waals surface area (Å²) >= 11 is 0. The van der Waals surface area contributed by atoms with Crippen LogP contribution in [0.25, 0.3) is 33.2 Å². The number of methoxy groups -OCH3 is 3. The number of aromatic amines is 1. The van der Waals surface area contributed by atoms with Crippen molar-refractivity contribution in [3.63, 3.8) is 0 Å². The Kier molecular flexibility index (Phi) is 11.8. The summed E-state index contributed by atoms with van der Waals surface area (Å²) < 4.78 is 21.7. The van der Waals surface area contributed by atoms with Crippen LogP contribution in [-0.4, -0.2) is 103 Å². The summed E-state index contributed by atoms with van der Waals surface area (Å²) in [5.74, 6) is 1.10. The summed E-state index contributed by atoms with van der Waals surface area (Å²) in [7, 11) is 4.25. The van der Waals surface area contributed by atoms with Crippen LogP contribution >= 0.6 is 0 Å². The molecule has 4 aliphatic heterocycles. The average molecular weight is 868 g/mol. The van der Waals surface area contributed by atoms with E-state index in [1.807, 2.05) is 55.3 Å². The fourth-order valence-corrected chi connectivity index (χ4v) is 9.85. The quantitative estimate of drug-likeness (QED) is 0.122. The van der Waals surface area contributed by atoms with Crippen molar-refractivity contribution < 1.29 is 38.1 Å². The fraction of sp³-hybridized carbons (Fsp3) is 0.388. The molecule has 4 aromatic carbocycles. The SMILES string of the molecule is COC[C@H]1C[C@@H](C2=Nc3ccc4cc5c(cc4c3C2)OCc2cc(-c3cnc([C@@H]4CCCN4C(=O)[C@H](NC(=O)OC)c4ccccc4)[nH]3)ccc2-5)N(C(=O)[C@@H](NC(=O)OC)C(C)C)C1. The molecule has 332 valence electrons. The summed E-state index contributed by atoms with van der Waals surface area (Å²) in [6, 6.07) is 21.8. The van der Waals surface area contributed by atoms with Crippen molar-refractivity contribution in [1.82, 2.24) is 30.4 Å². The highest BCUT2D eigenvalue weighted by molar-refractivity contribution is 6.06. The first kappa shape index (κ1) is 42.6. The van der Waals surface area contributed by atoms with E-state index in [1.165, 1.54) is 14.2 Å². The molecule has 0 radical (unpaired) electrons. The summed E-state index contributed by atoms with van der Waals surface area (Å²) in [6.07, 6.45) is 3.34. The van der Waals surface area contributed by atoms with E-state index in [-0.39, 0.29) is 35.7 Å². The van der Waals surface area contributed by atoms with Gasteiger partial charge in [0, 0.05) is 43.8 Å². The second-order valence-corrected chi connectivity index (χ2v) is 17.3. The van der Waals surface area contributed by atoms with E-state index >= 15 is 0 Å².